The summed E-state index contributed by atoms with van der Waals surface area (Å²) in [6.07, 6.45) is 5.83. The molecule has 1 aromatic carbocycles. The highest BCUT2D eigenvalue weighted by atomic mass is 15.3. The molecule has 1 aromatic heterocycles. The van der Waals surface area contributed by atoms with Crippen LogP contribution >= 0.6 is 0 Å². The Labute approximate surface area is 121 Å². The van der Waals surface area contributed by atoms with Gasteiger partial charge in [0.05, 0.1) is 11.7 Å². The number of rotatable bonds is 5. The van der Waals surface area contributed by atoms with Gasteiger partial charge in [0.25, 0.3) is 0 Å². The number of nitrogens with zero attached hydrogens (tertiary/aromatic N) is 2. The minimum atomic E-state index is 0.214. The molecule has 1 N–H and O–H groups in total. The summed E-state index contributed by atoms with van der Waals surface area (Å²) in [6, 6.07) is 13.4. The van der Waals surface area contributed by atoms with Crippen LogP contribution in [0.2, 0.25) is 0 Å². The highest BCUT2D eigenvalue weighted by Crippen LogP contribution is 2.51. The Morgan fingerprint density at radius 2 is 2.00 bits per heavy atom. The van der Waals surface area contributed by atoms with Crippen LogP contribution in [0.3, 0.4) is 0 Å². The minimum Gasteiger partial charge on any atom is -0.308 e. The monoisotopic (exact) mass is 269 g/mol. The third kappa shape index (κ3) is 2.16. The highest BCUT2D eigenvalue weighted by molar-refractivity contribution is 5.33. The van der Waals surface area contributed by atoms with Gasteiger partial charge >= 0.3 is 0 Å². The zero-order chi connectivity index (χ0) is 14.0. The number of aromatic nitrogens is 2. The van der Waals surface area contributed by atoms with E-state index < -0.39 is 0 Å². The zero-order valence-corrected chi connectivity index (χ0v) is 12.3. The standard InChI is InChI=1S/C17H23N3/c1-3-18-16(15-10-13-20(2)19-15)17(11-7-12-17)14-8-5-4-6-9-14/h4-6,8-10,13,16,18H,3,7,11-12H2,1-2H3. The van der Waals surface area contributed by atoms with Crippen molar-refractivity contribution >= 4 is 0 Å². The Hall–Kier alpha value is -1.61. The first-order chi connectivity index (χ1) is 9.76. The zero-order valence-electron chi connectivity index (χ0n) is 12.3. The molecule has 1 atom stereocenters. The van der Waals surface area contributed by atoms with Gasteiger partial charge in [-0.1, -0.05) is 43.7 Å². The summed E-state index contributed by atoms with van der Waals surface area (Å²) < 4.78 is 1.90. The molecule has 1 aliphatic carbocycles. The van der Waals surface area contributed by atoms with Crippen LogP contribution in [0.25, 0.3) is 0 Å². The summed E-state index contributed by atoms with van der Waals surface area (Å²) in [5.41, 5.74) is 2.83. The first-order valence-corrected chi connectivity index (χ1v) is 7.55. The summed E-state index contributed by atoms with van der Waals surface area (Å²) in [7, 11) is 1.99. The lowest BCUT2D eigenvalue weighted by molar-refractivity contribution is 0.167. The second kappa shape index (κ2) is 5.41. The Balaban J connectivity index is 2.00. The van der Waals surface area contributed by atoms with E-state index in [-0.39, 0.29) is 5.41 Å². The summed E-state index contributed by atoms with van der Waals surface area (Å²) in [5, 5.41) is 8.33. The van der Waals surface area contributed by atoms with Crippen LogP contribution in [0, 0.1) is 0 Å². The molecule has 2 aromatic rings. The van der Waals surface area contributed by atoms with Crippen molar-refractivity contribution in [2.75, 3.05) is 6.54 Å². The lowest BCUT2D eigenvalue weighted by atomic mass is 9.59. The molecule has 3 heteroatoms. The van der Waals surface area contributed by atoms with Crippen LogP contribution in [-0.4, -0.2) is 16.3 Å². The number of hydrogen-bond donors (Lipinski definition) is 1. The van der Waals surface area contributed by atoms with Gasteiger partial charge in [0.15, 0.2) is 0 Å². The molecule has 1 fully saturated rings. The van der Waals surface area contributed by atoms with E-state index >= 15 is 0 Å². The molecule has 1 saturated carbocycles. The second-order valence-electron chi connectivity index (χ2n) is 5.78. The third-order valence-corrected chi connectivity index (χ3v) is 4.59. The molecule has 1 heterocycles. The lowest BCUT2D eigenvalue weighted by Gasteiger charge is -2.48. The molecule has 0 amide bonds. The minimum absolute atomic E-state index is 0.214. The fourth-order valence-corrected chi connectivity index (χ4v) is 3.45. The Kier molecular flexibility index (Phi) is 3.62. The van der Waals surface area contributed by atoms with Crippen molar-refractivity contribution in [1.29, 1.82) is 0 Å². The summed E-state index contributed by atoms with van der Waals surface area (Å²) >= 11 is 0. The fourth-order valence-electron chi connectivity index (χ4n) is 3.45. The van der Waals surface area contributed by atoms with Crippen LogP contribution in [0.5, 0.6) is 0 Å². The van der Waals surface area contributed by atoms with E-state index in [2.05, 4.69) is 53.7 Å². The van der Waals surface area contributed by atoms with Crippen molar-refractivity contribution in [1.82, 2.24) is 15.1 Å². The molecule has 3 rings (SSSR count). The number of aryl methyl sites for hydroxylation is 1. The molecule has 0 spiro atoms. The van der Waals surface area contributed by atoms with E-state index in [0.29, 0.717) is 6.04 Å². The van der Waals surface area contributed by atoms with Crippen molar-refractivity contribution in [3.8, 4) is 0 Å². The van der Waals surface area contributed by atoms with Gasteiger partial charge in [-0.2, -0.15) is 5.10 Å². The predicted molar refractivity (Wildman–Crippen MR) is 81.6 cm³/mol. The molecule has 0 aliphatic heterocycles. The molecule has 3 nitrogen and oxygen atoms in total. The molecule has 1 unspecified atom stereocenters. The predicted octanol–water partition coefficient (Wildman–Crippen LogP) is 3.19. The topological polar surface area (TPSA) is 29.9 Å². The molecule has 106 valence electrons. The van der Waals surface area contributed by atoms with Gasteiger partial charge in [-0.05, 0) is 31.0 Å². The summed E-state index contributed by atoms with van der Waals surface area (Å²) in [4.78, 5) is 0. The van der Waals surface area contributed by atoms with Gasteiger partial charge in [-0.3, -0.25) is 4.68 Å². The molecular formula is C17H23N3. The van der Waals surface area contributed by atoms with E-state index in [0.717, 1.165) is 12.2 Å². The van der Waals surface area contributed by atoms with Gasteiger partial charge < -0.3 is 5.32 Å². The number of nitrogens with one attached hydrogen (secondary N) is 1. The normalized spacial score (nSPS) is 18.5. The average Bonchev–Trinajstić information content (AvgIpc) is 2.84. The maximum atomic E-state index is 4.66. The molecule has 0 radical (unpaired) electrons. The van der Waals surface area contributed by atoms with Gasteiger partial charge in [0.2, 0.25) is 0 Å². The number of benzene rings is 1. The second-order valence-corrected chi connectivity index (χ2v) is 5.78. The largest absolute Gasteiger partial charge is 0.308 e. The van der Waals surface area contributed by atoms with E-state index in [9.17, 15) is 0 Å². The van der Waals surface area contributed by atoms with E-state index in [1.54, 1.807) is 0 Å². The Morgan fingerprint density at radius 1 is 1.25 bits per heavy atom. The Morgan fingerprint density at radius 3 is 2.50 bits per heavy atom. The molecule has 0 saturated heterocycles. The Bertz CT molecular complexity index is 555. The van der Waals surface area contributed by atoms with Crippen LogP contribution in [-0.2, 0) is 12.5 Å². The van der Waals surface area contributed by atoms with Gasteiger partial charge in [-0.15, -0.1) is 0 Å². The molecule has 1 aliphatic rings. The number of hydrogen-bond acceptors (Lipinski definition) is 2. The molecule has 20 heavy (non-hydrogen) atoms. The first-order valence-electron chi connectivity index (χ1n) is 7.55. The van der Waals surface area contributed by atoms with Crippen LogP contribution in [0.4, 0.5) is 0 Å². The summed E-state index contributed by atoms with van der Waals surface area (Å²) in [5.74, 6) is 0. The maximum Gasteiger partial charge on any atom is 0.0802 e. The van der Waals surface area contributed by atoms with Crippen molar-refractivity contribution < 1.29 is 0 Å². The van der Waals surface area contributed by atoms with Crippen molar-refractivity contribution in [3.63, 3.8) is 0 Å². The van der Waals surface area contributed by atoms with Crippen LogP contribution in [0.15, 0.2) is 42.6 Å². The third-order valence-electron chi connectivity index (χ3n) is 4.59. The van der Waals surface area contributed by atoms with Gasteiger partial charge in [0.1, 0.15) is 0 Å². The van der Waals surface area contributed by atoms with Gasteiger partial charge in [-0.25, -0.2) is 0 Å². The maximum absolute atomic E-state index is 4.66. The highest BCUT2D eigenvalue weighted by Gasteiger charge is 2.46. The van der Waals surface area contributed by atoms with E-state index in [1.165, 1.54) is 24.8 Å². The quantitative estimate of drug-likeness (QED) is 0.903. The average molecular weight is 269 g/mol. The fraction of sp³-hybridized carbons (Fsp3) is 0.471. The number of likely N-dealkylation sites (N-methyl/N-ethyl adjacent to an activating group) is 1. The van der Waals surface area contributed by atoms with Crippen molar-refractivity contribution in [2.45, 2.75) is 37.6 Å². The molecular weight excluding hydrogens is 246 g/mol. The summed E-state index contributed by atoms with van der Waals surface area (Å²) in [6.45, 7) is 3.14. The van der Waals surface area contributed by atoms with E-state index in [1.807, 2.05) is 17.9 Å². The van der Waals surface area contributed by atoms with Crippen LogP contribution in [0.1, 0.15) is 43.5 Å². The smallest absolute Gasteiger partial charge is 0.0802 e. The van der Waals surface area contributed by atoms with Crippen LogP contribution < -0.4 is 5.32 Å². The van der Waals surface area contributed by atoms with Crippen molar-refractivity contribution in [3.05, 3.63) is 53.9 Å². The molecule has 0 bridgehead atoms. The first kappa shape index (κ1) is 13.4. The lowest BCUT2D eigenvalue weighted by Crippen LogP contribution is -2.47. The van der Waals surface area contributed by atoms with E-state index in [4.69, 9.17) is 0 Å². The van der Waals surface area contributed by atoms with Gasteiger partial charge in [0, 0.05) is 18.7 Å². The van der Waals surface area contributed by atoms with Crippen molar-refractivity contribution in [2.24, 2.45) is 7.05 Å². The SMILES string of the molecule is CCNC(c1ccn(C)n1)C1(c2ccccc2)CCC1.